The lowest BCUT2D eigenvalue weighted by Gasteiger charge is -2.24. The molecule has 0 unspecified atom stereocenters. The molecule has 0 spiro atoms. The summed E-state index contributed by atoms with van der Waals surface area (Å²) in [6, 6.07) is 5.89. The summed E-state index contributed by atoms with van der Waals surface area (Å²) in [4.78, 5) is 11.1. The van der Waals surface area contributed by atoms with E-state index in [0.29, 0.717) is 11.7 Å². The summed E-state index contributed by atoms with van der Waals surface area (Å²) in [6.07, 6.45) is 0. The van der Waals surface area contributed by atoms with Crippen LogP contribution in [0.4, 0.5) is 0 Å². The van der Waals surface area contributed by atoms with E-state index in [9.17, 15) is 4.79 Å². The molecule has 0 atom stereocenters. The van der Waals surface area contributed by atoms with E-state index in [1.54, 1.807) is 13.8 Å². The summed E-state index contributed by atoms with van der Waals surface area (Å²) in [6.45, 7) is 9.20. The van der Waals surface area contributed by atoms with E-state index in [2.05, 4.69) is 13.8 Å². The third kappa shape index (κ3) is 3.22. The molecule has 0 heterocycles. The number of aryl methyl sites for hydroxylation is 1. The molecule has 17 heavy (non-hydrogen) atoms. The maximum absolute atomic E-state index is 11.1. The van der Waals surface area contributed by atoms with Gasteiger partial charge in [0.1, 0.15) is 5.75 Å². The van der Waals surface area contributed by atoms with E-state index in [1.807, 2.05) is 25.1 Å². The fourth-order valence-corrected chi connectivity index (χ4v) is 1.53. The lowest BCUT2D eigenvalue weighted by molar-refractivity contribution is -0.152. The Kier molecular flexibility index (Phi) is 3.81. The first kappa shape index (κ1) is 13.6. The maximum Gasteiger partial charge on any atom is 0.347 e. The molecule has 0 aliphatic carbocycles. The first-order chi connectivity index (χ1) is 7.74. The Morgan fingerprint density at radius 3 is 2.41 bits per heavy atom. The molecule has 94 valence electrons. The molecule has 1 rings (SSSR count). The van der Waals surface area contributed by atoms with Crippen LogP contribution in [-0.2, 0) is 4.79 Å². The number of aliphatic carboxylic acids is 1. The van der Waals surface area contributed by atoms with Crippen LogP contribution in [0.1, 0.15) is 44.7 Å². The summed E-state index contributed by atoms with van der Waals surface area (Å²) in [5, 5.41) is 9.08. The molecule has 0 aliphatic heterocycles. The van der Waals surface area contributed by atoms with Gasteiger partial charge in [-0.25, -0.2) is 4.79 Å². The van der Waals surface area contributed by atoms with Gasteiger partial charge in [-0.1, -0.05) is 26.0 Å². The lowest BCUT2D eigenvalue weighted by atomic mass is 10.00. The number of ether oxygens (including phenoxy) is 1. The van der Waals surface area contributed by atoms with Gasteiger partial charge in [0.25, 0.3) is 0 Å². The van der Waals surface area contributed by atoms with E-state index in [1.165, 1.54) is 0 Å². The van der Waals surface area contributed by atoms with Crippen molar-refractivity contribution in [3.63, 3.8) is 0 Å². The van der Waals surface area contributed by atoms with Crippen LogP contribution >= 0.6 is 0 Å². The van der Waals surface area contributed by atoms with Gasteiger partial charge in [0.2, 0.25) is 0 Å². The van der Waals surface area contributed by atoms with Crippen molar-refractivity contribution in [3.8, 4) is 5.75 Å². The largest absolute Gasteiger partial charge is 0.478 e. The second-order valence-corrected chi connectivity index (χ2v) is 5.11. The Labute approximate surface area is 102 Å². The number of carbonyl (C=O) groups is 1. The quantitative estimate of drug-likeness (QED) is 0.872. The van der Waals surface area contributed by atoms with Crippen molar-refractivity contribution in [2.24, 2.45) is 0 Å². The SMILES string of the molecule is Cc1ccc(C(C)C)c(OC(C)(C)C(=O)O)c1. The van der Waals surface area contributed by atoms with Crippen LogP contribution in [-0.4, -0.2) is 16.7 Å². The molecule has 0 amide bonds. The Hall–Kier alpha value is -1.51. The second-order valence-electron chi connectivity index (χ2n) is 5.11. The number of rotatable bonds is 4. The minimum atomic E-state index is -1.21. The highest BCUT2D eigenvalue weighted by Crippen LogP contribution is 2.30. The zero-order valence-electron chi connectivity index (χ0n) is 11.1. The molecule has 0 saturated carbocycles. The molecule has 0 aromatic heterocycles. The maximum atomic E-state index is 11.1. The van der Waals surface area contributed by atoms with Gasteiger partial charge in [-0.2, -0.15) is 0 Å². The van der Waals surface area contributed by atoms with Gasteiger partial charge in [0.15, 0.2) is 5.60 Å². The van der Waals surface area contributed by atoms with Crippen molar-refractivity contribution in [1.29, 1.82) is 0 Å². The summed E-state index contributed by atoms with van der Waals surface area (Å²) in [5.41, 5.74) is 0.882. The highest BCUT2D eigenvalue weighted by molar-refractivity contribution is 5.76. The van der Waals surface area contributed by atoms with Crippen LogP contribution in [0.25, 0.3) is 0 Å². The van der Waals surface area contributed by atoms with Crippen molar-refractivity contribution in [3.05, 3.63) is 29.3 Å². The minimum Gasteiger partial charge on any atom is -0.478 e. The summed E-state index contributed by atoms with van der Waals surface area (Å²) < 4.78 is 5.64. The van der Waals surface area contributed by atoms with Crippen molar-refractivity contribution in [2.75, 3.05) is 0 Å². The van der Waals surface area contributed by atoms with Gasteiger partial charge in [-0.15, -0.1) is 0 Å². The fourth-order valence-electron chi connectivity index (χ4n) is 1.53. The van der Waals surface area contributed by atoms with Crippen LogP contribution < -0.4 is 4.74 Å². The molecule has 0 fully saturated rings. The standard InChI is InChI=1S/C14H20O3/c1-9(2)11-7-6-10(3)8-12(11)17-14(4,5)13(15)16/h6-9H,1-5H3,(H,15,16). The Bertz CT molecular complexity index is 419. The van der Waals surface area contributed by atoms with Gasteiger partial charge in [-0.05, 0) is 43.9 Å². The van der Waals surface area contributed by atoms with Gasteiger partial charge in [0.05, 0.1) is 0 Å². The normalized spacial score (nSPS) is 11.6. The van der Waals surface area contributed by atoms with E-state index >= 15 is 0 Å². The highest BCUT2D eigenvalue weighted by atomic mass is 16.5. The molecule has 1 N–H and O–H groups in total. The molecule has 0 radical (unpaired) electrons. The molecule has 0 bridgehead atoms. The van der Waals surface area contributed by atoms with Crippen LogP contribution in [0, 0.1) is 6.92 Å². The number of benzene rings is 1. The van der Waals surface area contributed by atoms with Crippen LogP contribution in [0.15, 0.2) is 18.2 Å². The van der Waals surface area contributed by atoms with E-state index < -0.39 is 11.6 Å². The molecular weight excluding hydrogens is 216 g/mol. The Morgan fingerprint density at radius 1 is 1.35 bits per heavy atom. The first-order valence-electron chi connectivity index (χ1n) is 5.77. The number of hydrogen-bond acceptors (Lipinski definition) is 2. The van der Waals surface area contributed by atoms with Crippen molar-refractivity contribution in [1.82, 2.24) is 0 Å². The monoisotopic (exact) mass is 236 g/mol. The predicted molar refractivity (Wildman–Crippen MR) is 67.6 cm³/mol. The molecule has 0 saturated heterocycles. The summed E-state index contributed by atoms with van der Waals surface area (Å²) in [5.74, 6) is -0.00342. The highest BCUT2D eigenvalue weighted by Gasteiger charge is 2.30. The van der Waals surface area contributed by atoms with Crippen molar-refractivity contribution < 1.29 is 14.6 Å². The van der Waals surface area contributed by atoms with Crippen molar-refractivity contribution >= 4 is 5.97 Å². The fraction of sp³-hybridized carbons (Fsp3) is 0.500. The summed E-state index contributed by atoms with van der Waals surface area (Å²) in [7, 11) is 0. The van der Waals surface area contributed by atoms with Crippen LogP contribution in [0.2, 0.25) is 0 Å². The smallest absolute Gasteiger partial charge is 0.347 e. The molecule has 3 heteroatoms. The first-order valence-corrected chi connectivity index (χ1v) is 5.77. The summed E-state index contributed by atoms with van der Waals surface area (Å²) >= 11 is 0. The van der Waals surface area contributed by atoms with E-state index in [0.717, 1.165) is 11.1 Å². The molecule has 3 nitrogen and oxygen atoms in total. The number of carboxylic acids is 1. The zero-order valence-corrected chi connectivity index (χ0v) is 11.1. The van der Waals surface area contributed by atoms with Gasteiger partial charge < -0.3 is 9.84 Å². The zero-order chi connectivity index (χ0) is 13.2. The average Bonchev–Trinajstić information content (AvgIpc) is 2.15. The average molecular weight is 236 g/mol. The topological polar surface area (TPSA) is 46.5 Å². The third-order valence-electron chi connectivity index (χ3n) is 2.67. The molecular formula is C14H20O3. The van der Waals surface area contributed by atoms with Crippen molar-refractivity contribution in [2.45, 2.75) is 46.1 Å². The van der Waals surface area contributed by atoms with Crippen LogP contribution in [0.5, 0.6) is 5.75 Å². The Morgan fingerprint density at radius 2 is 1.94 bits per heavy atom. The molecule has 0 aliphatic rings. The number of hydrogen-bond donors (Lipinski definition) is 1. The van der Waals surface area contributed by atoms with E-state index in [-0.39, 0.29) is 0 Å². The number of carboxylic acid groups (broad SMARTS) is 1. The minimum absolute atomic E-state index is 0.301. The Balaban J connectivity index is 3.12. The lowest BCUT2D eigenvalue weighted by Crippen LogP contribution is -2.38. The molecule has 1 aromatic rings. The van der Waals surface area contributed by atoms with Crippen LogP contribution in [0.3, 0.4) is 0 Å². The predicted octanol–water partition coefficient (Wildman–Crippen LogP) is 3.36. The molecule has 1 aromatic carbocycles. The second kappa shape index (κ2) is 4.78. The van der Waals surface area contributed by atoms with Gasteiger partial charge >= 0.3 is 5.97 Å². The van der Waals surface area contributed by atoms with Gasteiger partial charge in [0, 0.05) is 0 Å². The van der Waals surface area contributed by atoms with Gasteiger partial charge in [-0.3, -0.25) is 0 Å². The van der Waals surface area contributed by atoms with E-state index in [4.69, 9.17) is 9.84 Å². The third-order valence-corrected chi connectivity index (χ3v) is 2.67.